The number of hydrogen-bond donors (Lipinski definition) is 1. The normalized spacial score (nSPS) is 10.6. The first-order valence-corrected chi connectivity index (χ1v) is 7.45. The number of nitrogens with zero attached hydrogens (tertiary/aromatic N) is 2. The molecule has 1 heterocycles. The summed E-state index contributed by atoms with van der Waals surface area (Å²) in [6.45, 7) is 6.07. The highest BCUT2D eigenvalue weighted by molar-refractivity contribution is 8.00. The number of carbonyl (C=O) groups is 1. The van der Waals surface area contributed by atoms with Crippen LogP contribution in [0, 0.1) is 20.8 Å². The van der Waals surface area contributed by atoms with E-state index in [1.807, 2.05) is 20.0 Å². The Hall–Kier alpha value is -1.75. The molecule has 0 aliphatic carbocycles. The summed E-state index contributed by atoms with van der Waals surface area (Å²) in [5.41, 5.74) is 3.41. The van der Waals surface area contributed by atoms with Gasteiger partial charge >= 0.3 is 0 Å². The van der Waals surface area contributed by atoms with E-state index in [1.54, 1.807) is 16.4 Å². The van der Waals surface area contributed by atoms with Gasteiger partial charge in [-0.3, -0.25) is 9.48 Å². The lowest BCUT2D eigenvalue weighted by atomic mass is 10.1. The van der Waals surface area contributed by atoms with Crippen LogP contribution in [0.1, 0.15) is 16.8 Å². The van der Waals surface area contributed by atoms with Gasteiger partial charge in [0.1, 0.15) is 5.82 Å². The fourth-order valence-corrected chi connectivity index (χ4v) is 2.65. The van der Waals surface area contributed by atoms with Gasteiger partial charge in [0, 0.05) is 18.0 Å². The van der Waals surface area contributed by atoms with Gasteiger partial charge in [-0.2, -0.15) is 5.10 Å². The smallest absolute Gasteiger partial charge is 0.235 e. The summed E-state index contributed by atoms with van der Waals surface area (Å²) in [5, 5.41) is 7.07. The van der Waals surface area contributed by atoms with Gasteiger partial charge in [-0.15, -0.1) is 11.8 Å². The number of anilines is 1. The SMILES string of the molecule is Cc1cc(NC(=O)CSc2ccc(C)c(C)c2)n(C)n1. The molecule has 0 aliphatic rings. The fraction of sp³-hybridized carbons (Fsp3) is 0.333. The third kappa shape index (κ3) is 3.63. The van der Waals surface area contributed by atoms with Gasteiger partial charge in [0.25, 0.3) is 0 Å². The Morgan fingerprint density at radius 3 is 2.60 bits per heavy atom. The number of benzene rings is 1. The molecular formula is C15H19N3OS. The number of nitrogens with one attached hydrogen (secondary N) is 1. The second kappa shape index (κ2) is 6.13. The van der Waals surface area contributed by atoms with Crippen LogP contribution in [-0.2, 0) is 11.8 Å². The standard InChI is InChI=1S/C15H19N3OS/c1-10-5-6-13(7-11(10)2)20-9-15(19)16-14-8-12(3)17-18(14)4/h5-8H,9H2,1-4H3,(H,16,19). The highest BCUT2D eigenvalue weighted by atomic mass is 32.2. The van der Waals surface area contributed by atoms with E-state index < -0.39 is 0 Å². The molecule has 5 heteroatoms. The molecule has 0 aliphatic heterocycles. The first-order chi connectivity index (χ1) is 9.45. The molecule has 106 valence electrons. The zero-order valence-corrected chi connectivity index (χ0v) is 13.0. The van der Waals surface area contributed by atoms with Crippen molar-refractivity contribution in [3.05, 3.63) is 41.1 Å². The Labute approximate surface area is 123 Å². The average molecular weight is 289 g/mol. The largest absolute Gasteiger partial charge is 0.310 e. The molecule has 1 N–H and O–H groups in total. The van der Waals surface area contributed by atoms with Crippen molar-refractivity contribution >= 4 is 23.5 Å². The Kier molecular flexibility index (Phi) is 4.49. The molecule has 0 radical (unpaired) electrons. The molecule has 0 saturated carbocycles. The second-order valence-electron chi connectivity index (χ2n) is 4.88. The molecule has 0 unspecified atom stereocenters. The van der Waals surface area contributed by atoms with E-state index in [0.717, 1.165) is 16.4 Å². The Balaban J connectivity index is 1.92. The number of rotatable bonds is 4. The van der Waals surface area contributed by atoms with E-state index in [9.17, 15) is 4.79 Å². The maximum atomic E-state index is 11.9. The fourth-order valence-electron chi connectivity index (χ4n) is 1.86. The minimum atomic E-state index is -0.0174. The van der Waals surface area contributed by atoms with Crippen molar-refractivity contribution in [2.24, 2.45) is 7.05 Å². The summed E-state index contributed by atoms with van der Waals surface area (Å²) in [6.07, 6.45) is 0. The summed E-state index contributed by atoms with van der Waals surface area (Å²) in [5.74, 6) is 1.11. The summed E-state index contributed by atoms with van der Waals surface area (Å²) in [6, 6.07) is 8.11. The quantitative estimate of drug-likeness (QED) is 0.880. The highest BCUT2D eigenvalue weighted by Crippen LogP contribution is 2.21. The lowest BCUT2D eigenvalue weighted by molar-refractivity contribution is -0.113. The maximum Gasteiger partial charge on any atom is 0.235 e. The monoisotopic (exact) mass is 289 g/mol. The third-order valence-electron chi connectivity index (χ3n) is 3.12. The molecule has 0 bridgehead atoms. The average Bonchev–Trinajstić information content (AvgIpc) is 2.69. The summed E-state index contributed by atoms with van der Waals surface area (Å²) in [4.78, 5) is 13.0. The molecule has 1 aromatic heterocycles. The molecule has 1 amide bonds. The van der Waals surface area contributed by atoms with Crippen LogP contribution in [0.3, 0.4) is 0 Å². The minimum absolute atomic E-state index is 0.0174. The molecular weight excluding hydrogens is 270 g/mol. The van der Waals surface area contributed by atoms with E-state index in [1.165, 1.54) is 11.1 Å². The predicted octanol–water partition coefficient (Wildman–Crippen LogP) is 3.08. The van der Waals surface area contributed by atoms with Crippen LogP contribution in [-0.4, -0.2) is 21.4 Å². The van der Waals surface area contributed by atoms with Crippen molar-refractivity contribution in [1.29, 1.82) is 0 Å². The Morgan fingerprint density at radius 2 is 2.00 bits per heavy atom. The van der Waals surface area contributed by atoms with Gasteiger partial charge in [0.2, 0.25) is 5.91 Å². The predicted molar refractivity (Wildman–Crippen MR) is 83.2 cm³/mol. The van der Waals surface area contributed by atoms with Crippen molar-refractivity contribution in [1.82, 2.24) is 9.78 Å². The number of thioether (sulfide) groups is 1. The van der Waals surface area contributed by atoms with Gasteiger partial charge in [-0.25, -0.2) is 0 Å². The molecule has 2 rings (SSSR count). The lowest BCUT2D eigenvalue weighted by Gasteiger charge is -2.06. The van der Waals surface area contributed by atoms with E-state index >= 15 is 0 Å². The number of amides is 1. The van der Waals surface area contributed by atoms with Gasteiger partial charge in [-0.1, -0.05) is 6.07 Å². The number of hydrogen-bond acceptors (Lipinski definition) is 3. The van der Waals surface area contributed by atoms with E-state index in [-0.39, 0.29) is 5.91 Å². The van der Waals surface area contributed by atoms with Crippen LogP contribution < -0.4 is 5.32 Å². The first-order valence-electron chi connectivity index (χ1n) is 6.46. The van der Waals surface area contributed by atoms with Crippen molar-refractivity contribution in [2.45, 2.75) is 25.7 Å². The second-order valence-corrected chi connectivity index (χ2v) is 5.93. The minimum Gasteiger partial charge on any atom is -0.310 e. The molecule has 0 spiro atoms. The van der Waals surface area contributed by atoms with Gasteiger partial charge in [-0.05, 0) is 44.0 Å². The topological polar surface area (TPSA) is 46.9 Å². The Morgan fingerprint density at radius 1 is 1.25 bits per heavy atom. The van der Waals surface area contributed by atoms with E-state index in [4.69, 9.17) is 0 Å². The zero-order valence-electron chi connectivity index (χ0n) is 12.2. The summed E-state index contributed by atoms with van der Waals surface area (Å²) < 4.78 is 1.67. The van der Waals surface area contributed by atoms with E-state index in [0.29, 0.717) is 5.75 Å². The van der Waals surface area contributed by atoms with Crippen LogP contribution in [0.5, 0.6) is 0 Å². The first kappa shape index (κ1) is 14.7. The van der Waals surface area contributed by atoms with Crippen LogP contribution in [0.2, 0.25) is 0 Å². The van der Waals surface area contributed by atoms with Crippen LogP contribution >= 0.6 is 11.8 Å². The van der Waals surface area contributed by atoms with Gasteiger partial charge < -0.3 is 5.32 Å². The van der Waals surface area contributed by atoms with Crippen molar-refractivity contribution in [3.8, 4) is 0 Å². The summed E-state index contributed by atoms with van der Waals surface area (Å²) >= 11 is 1.54. The zero-order chi connectivity index (χ0) is 14.7. The Bertz CT molecular complexity index is 634. The molecule has 0 fully saturated rings. The molecule has 20 heavy (non-hydrogen) atoms. The number of carbonyl (C=O) groups excluding carboxylic acids is 1. The molecule has 2 aromatic rings. The van der Waals surface area contributed by atoms with Crippen LogP contribution in [0.15, 0.2) is 29.2 Å². The van der Waals surface area contributed by atoms with Crippen molar-refractivity contribution in [3.63, 3.8) is 0 Å². The number of aryl methyl sites for hydroxylation is 4. The highest BCUT2D eigenvalue weighted by Gasteiger charge is 2.08. The third-order valence-corrected chi connectivity index (χ3v) is 4.11. The van der Waals surface area contributed by atoms with Crippen molar-refractivity contribution < 1.29 is 4.79 Å². The van der Waals surface area contributed by atoms with Crippen LogP contribution in [0.25, 0.3) is 0 Å². The lowest BCUT2D eigenvalue weighted by Crippen LogP contribution is -2.16. The molecule has 0 saturated heterocycles. The van der Waals surface area contributed by atoms with Crippen LogP contribution in [0.4, 0.5) is 5.82 Å². The maximum absolute atomic E-state index is 11.9. The van der Waals surface area contributed by atoms with Gasteiger partial charge in [0.15, 0.2) is 0 Å². The molecule has 0 atom stereocenters. The van der Waals surface area contributed by atoms with E-state index in [2.05, 4.69) is 42.5 Å². The summed E-state index contributed by atoms with van der Waals surface area (Å²) in [7, 11) is 1.82. The molecule has 4 nitrogen and oxygen atoms in total. The molecule has 1 aromatic carbocycles. The number of aromatic nitrogens is 2. The van der Waals surface area contributed by atoms with Gasteiger partial charge in [0.05, 0.1) is 11.4 Å². The van der Waals surface area contributed by atoms with Crippen molar-refractivity contribution in [2.75, 3.05) is 11.1 Å².